The lowest BCUT2D eigenvalue weighted by atomic mass is 10.2. The van der Waals surface area contributed by atoms with Gasteiger partial charge in [-0.25, -0.2) is 0 Å². The summed E-state index contributed by atoms with van der Waals surface area (Å²) >= 11 is 7.86. The Morgan fingerprint density at radius 2 is 1.86 bits per heavy atom. The van der Waals surface area contributed by atoms with Crippen LogP contribution in [-0.2, 0) is 4.79 Å². The second kappa shape index (κ2) is 6.99. The number of para-hydroxylation sites is 1. The lowest BCUT2D eigenvalue weighted by Gasteiger charge is -2.36. The molecule has 3 nitrogen and oxygen atoms in total. The summed E-state index contributed by atoms with van der Waals surface area (Å²) < 4.78 is 0. The molecule has 1 saturated heterocycles. The molecule has 114 valence electrons. The van der Waals surface area contributed by atoms with E-state index in [-0.39, 0.29) is 5.91 Å². The van der Waals surface area contributed by atoms with Crippen molar-refractivity contribution in [2.45, 2.75) is 0 Å². The summed E-state index contributed by atoms with van der Waals surface area (Å²) in [4.78, 5) is 17.4. The molecule has 0 spiro atoms. The van der Waals surface area contributed by atoms with Crippen LogP contribution in [0.3, 0.4) is 0 Å². The third-order valence-electron chi connectivity index (χ3n) is 3.72. The molecule has 0 radical (unpaired) electrons. The highest BCUT2D eigenvalue weighted by Crippen LogP contribution is 2.26. The van der Waals surface area contributed by atoms with Crippen LogP contribution < -0.4 is 4.90 Å². The Labute approximate surface area is 139 Å². The van der Waals surface area contributed by atoms with Gasteiger partial charge in [0.15, 0.2) is 0 Å². The lowest BCUT2D eigenvalue weighted by Crippen LogP contribution is -2.48. The van der Waals surface area contributed by atoms with E-state index in [0.29, 0.717) is 0 Å². The highest BCUT2D eigenvalue weighted by atomic mass is 35.5. The number of benzene rings is 1. The second-order valence-electron chi connectivity index (χ2n) is 5.11. The Bertz CT molecular complexity index is 661. The molecule has 1 fully saturated rings. The van der Waals surface area contributed by atoms with Gasteiger partial charge in [-0.15, -0.1) is 11.3 Å². The zero-order valence-electron chi connectivity index (χ0n) is 12.1. The molecule has 0 aliphatic carbocycles. The van der Waals surface area contributed by atoms with E-state index < -0.39 is 0 Å². The fourth-order valence-electron chi connectivity index (χ4n) is 2.52. The molecule has 1 aromatic heterocycles. The summed E-state index contributed by atoms with van der Waals surface area (Å²) in [6.07, 6.45) is 3.55. The van der Waals surface area contributed by atoms with Gasteiger partial charge in [0.25, 0.3) is 0 Å². The number of hydrogen-bond acceptors (Lipinski definition) is 3. The average Bonchev–Trinajstić information content (AvgIpc) is 3.07. The van der Waals surface area contributed by atoms with Gasteiger partial charge in [-0.2, -0.15) is 0 Å². The second-order valence-corrected chi connectivity index (χ2v) is 6.50. The zero-order valence-corrected chi connectivity index (χ0v) is 13.7. The number of carbonyl (C=O) groups excluding carboxylic acids is 1. The van der Waals surface area contributed by atoms with Crippen LogP contribution in [0.15, 0.2) is 47.9 Å². The van der Waals surface area contributed by atoms with Gasteiger partial charge >= 0.3 is 0 Å². The number of piperazine rings is 1. The Balaban J connectivity index is 1.57. The lowest BCUT2D eigenvalue weighted by molar-refractivity contribution is -0.126. The number of amides is 1. The van der Waals surface area contributed by atoms with E-state index in [1.165, 1.54) is 0 Å². The van der Waals surface area contributed by atoms with Crippen LogP contribution in [0, 0.1) is 0 Å². The molecule has 22 heavy (non-hydrogen) atoms. The summed E-state index contributed by atoms with van der Waals surface area (Å²) in [7, 11) is 0. The maximum Gasteiger partial charge on any atom is 0.246 e. The molecule has 0 atom stereocenters. The van der Waals surface area contributed by atoms with E-state index in [9.17, 15) is 4.79 Å². The van der Waals surface area contributed by atoms with Crippen molar-refractivity contribution in [3.8, 4) is 0 Å². The first-order valence-electron chi connectivity index (χ1n) is 7.24. The third kappa shape index (κ3) is 3.51. The standard InChI is InChI=1S/C17H17ClN2OS/c18-15-5-1-2-6-16(15)19-9-11-20(12-10-19)17(21)8-7-14-4-3-13-22-14/h1-8,13H,9-12H2/b8-7+. The van der Waals surface area contributed by atoms with Gasteiger partial charge in [0.05, 0.1) is 10.7 Å². The van der Waals surface area contributed by atoms with Gasteiger partial charge in [-0.1, -0.05) is 29.8 Å². The molecule has 0 N–H and O–H groups in total. The number of hydrogen-bond donors (Lipinski definition) is 0. The van der Waals surface area contributed by atoms with E-state index >= 15 is 0 Å². The van der Waals surface area contributed by atoms with Crippen molar-refractivity contribution < 1.29 is 4.79 Å². The Morgan fingerprint density at radius 3 is 2.55 bits per heavy atom. The Kier molecular flexibility index (Phi) is 4.80. The molecule has 0 saturated carbocycles. The van der Waals surface area contributed by atoms with Gasteiger partial charge in [0.1, 0.15) is 0 Å². The molecule has 2 heterocycles. The molecule has 5 heteroatoms. The largest absolute Gasteiger partial charge is 0.367 e. The summed E-state index contributed by atoms with van der Waals surface area (Å²) in [5.41, 5.74) is 1.05. The van der Waals surface area contributed by atoms with E-state index in [1.807, 2.05) is 52.8 Å². The summed E-state index contributed by atoms with van der Waals surface area (Å²) in [6.45, 7) is 3.06. The number of carbonyl (C=O) groups is 1. The fraction of sp³-hybridized carbons (Fsp3) is 0.235. The van der Waals surface area contributed by atoms with Crippen LogP contribution in [0.4, 0.5) is 5.69 Å². The van der Waals surface area contributed by atoms with Gasteiger partial charge in [-0.3, -0.25) is 4.79 Å². The molecular formula is C17H17ClN2OS. The minimum Gasteiger partial charge on any atom is -0.367 e. The molecule has 1 amide bonds. The average molecular weight is 333 g/mol. The normalized spacial score (nSPS) is 15.5. The molecule has 0 unspecified atom stereocenters. The van der Waals surface area contributed by atoms with E-state index in [4.69, 9.17) is 11.6 Å². The van der Waals surface area contributed by atoms with Crippen molar-refractivity contribution >= 4 is 40.6 Å². The predicted molar refractivity (Wildman–Crippen MR) is 93.6 cm³/mol. The first-order valence-corrected chi connectivity index (χ1v) is 8.50. The molecule has 2 aromatic rings. The van der Waals surface area contributed by atoms with E-state index in [1.54, 1.807) is 17.4 Å². The minimum atomic E-state index is 0.0761. The monoisotopic (exact) mass is 332 g/mol. The smallest absolute Gasteiger partial charge is 0.246 e. The molecule has 1 aromatic carbocycles. The van der Waals surface area contributed by atoms with Gasteiger partial charge in [0.2, 0.25) is 5.91 Å². The van der Waals surface area contributed by atoms with Crippen molar-refractivity contribution in [2.24, 2.45) is 0 Å². The highest BCUT2D eigenvalue weighted by Gasteiger charge is 2.20. The van der Waals surface area contributed by atoms with Crippen LogP contribution in [0.1, 0.15) is 4.88 Å². The highest BCUT2D eigenvalue weighted by molar-refractivity contribution is 7.10. The number of nitrogens with zero attached hydrogens (tertiary/aromatic N) is 2. The van der Waals surface area contributed by atoms with Crippen LogP contribution in [0.25, 0.3) is 6.08 Å². The van der Waals surface area contributed by atoms with Gasteiger partial charge in [0, 0.05) is 37.1 Å². The quantitative estimate of drug-likeness (QED) is 0.799. The van der Waals surface area contributed by atoms with Crippen molar-refractivity contribution in [2.75, 3.05) is 31.1 Å². The minimum absolute atomic E-state index is 0.0761. The van der Waals surface area contributed by atoms with Crippen molar-refractivity contribution in [1.29, 1.82) is 0 Å². The Morgan fingerprint density at radius 1 is 1.09 bits per heavy atom. The van der Waals surface area contributed by atoms with Crippen molar-refractivity contribution in [3.63, 3.8) is 0 Å². The summed E-state index contributed by atoms with van der Waals surface area (Å²) in [6, 6.07) is 11.8. The van der Waals surface area contributed by atoms with Crippen LogP contribution in [-0.4, -0.2) is 37.0 Å². The molecule has 0 bridgehead atoms. The topological polar surface area (TPSA) is 23.6 Å². The maximum absolute atomic E-state index is 12.2. The van der Waals surface area contributed by atoms with E-state index in [0.717, 1.165) is 41.8 Å². The Hall–Kier alpha value is -1.78. The van der Waals surface area contributed by atoms with E-state index in [2.05, 4.69) is 4.90 Å². The predicted octanol–water partition coefficient (Wildman–Crippen LogP) is 3.76. The van der Waals surface area contributed by atoms with Crippen molar-refractivity contribution in [3.05, 3.63) is 57.8 Å². The maximum atomic E-state index is 12.2. The zero-order chi connectivity index (χ0) is 15.4. The SMILES string of the molecule is O=C(/C=C/c1cccs1)N1CCN(c2ccccc2Cl)CC1. The first-order chi connectivity index (χ1) is 10.7. The molecule has 1 aliphatic rings. The molecular weight excluding hydrogens is 316 g/mol. The van der Waals surface area contributed by atoms with Crippen molar-refractivity contribution in [1.82, 2.24) is 4.90 Å². The number of thiophene rings is 1. The number of halogens is 1. The fourth-order valence-corrected chi connectivity index (χ4v) is 3.39. The summed E-state index contributed by atoms with van der Waals surface area (Å²) in [5.74, 6) is 0.0761. The summed E-state index contributed by atoms with van der Waals surface area (Å²) in [5, 5.41) is 2.77. The van der Waals surface area contributed by atoms with Crippen LogP contribution in [0.5, 0.6) is 0 Å². The van der Waals surface area contributed by atoms with Gasteiger partial charge < -0.3 is 9.80 Å². The first kappa shape index (κ1) is 15.1. The van der Waals surface area contributed by atoms with Crippen LogP contribution >= 0.6 is 22.9 Å². The molecule has 1 aliphatic heterocycles. The number of rotatable bonds is 3. The third-order valence-corrected chi connectivity index (χ3v) is 4.88. The van der Waals surface area contributed by atoms with Gasteiger partial charge in [-0.05, 0) is 29.7 Å². The molecule has 3 rings (SSSR count). The van der Waals surface area contributed by atoms with Crippen LogP contribution in [0.2, 0.25) is 5.02 Å². The number of anilines is 1.